The van der Waals surface area contributed by atoms with Crippen LogP contribution in [0.3, 0.4) is 0 Å². The normalized spacial score (nSPS) is 13.8. The Hall–Kier alpha value is -4.26. The van der Waals surface area contributed by atoms with E-state index < -0.39 is 70.4 Å². The van der Waals surface area contributed by atoms with Crippen LogP contribution in [0.15, 0.2) is 48.5 Å². The molecule has 3 atom stereocenters. The van der Waals surface area contributed by atoms with Crippen molar-refractivity contribution < 1.29 is 42.5 Å². The highest BCUT2D eigenvalue weighted by Gasteiger charge is 2.31. The van der Waals surface area contributed by atoms with Gasteiger partial charge in [-0.1, -0.05) is 44.2 Å². The number of amides is 4. The van der Waals surface area contributed by atoms with Crippen molar-refractivity contribution in [2.24, 2.45) is 5.41 Å². The van der Waals surface area contributed by atoms with Crippen LogP contribution in [0.4, 0.5) is 18.4 Å². The monoisotopic (exact) mass is 676 g/mol. The number of hydrogen-bond acceptors (Lipinski definition) is 7. The Bertz CT molecular complexity index is 1390. The number of carbonyl (C=O) groups is 4. The molecule has 0 saturated carbocycles. The Morgan fingerprint density at radius 2 is 1.33 bits per heavy atom. The molecular formula is C35H50F2N4O7. The molecule has 5 N–H and O–H groups in total. The molecule has 4 amide bonds. The lowest BCUT2D eigenvalue weighted by Gasteiger charge is -2.29. The number of ether oxygens (including phenoxy) is 2. The summed E-state index contributed by atoms with van der Waals surface area (Å²) < 4.78 is 38.8. The average molecular weight is 677 g/mol. The quantitative estimate of drug-likeness (QED) is 0.197. The highest BCUT2D eigenvalue weighted by atomic mass is 19.1. The second kappa shape index (κ2) is 17.2. The van der Waals surface area contributed by atoms with E-state index in [-0.39, 0.29) is 37.9 Å². The molecule has 0 heterocycles. The number of rotatable bonds is 14. The first-order valence-corrected chi connectivity index (χ1v) is 15.8. The summed E-state index contributed by atoms with van der Waals surface area (Å²) in [5.41, 5.74) is -1.55. The molecule has 2 aromatic rings. The molecule has 0 radical (unpaired) electrons. The predicted octanol–water partition coefficient (Wildman–Crippen LogP) is 4.55. The fraction of sp³-hybridized carbons (Fsp3) is 0.543. The number of aliphatic hydroxyl groups excluding tert-OH is 1. The Morgan fingerprint density at radius 3 is 1.92 bits per heavy atom. The summed E-state index contributed by atoms with van der Waals surface area (Å²) in [6.07, 6.45) is -3.50. The van der Waals surface area contributed by atoms with Crippen LogP contribution in [0, 0.1) is 17.0 Å². The van der Waals surface area contributed by atoms with Gasteiger partial charge in [-0.05, 0) is 89.1 Å². The molecule has 0 aliphatic heterocycles. The molecule has 0 aromatic heterocycles. The molecule has 48 heavy (non-hydrogen) atoms. The van der Waals surface area contributed by atoms with E-state index in [2.05, 4.69) is 21.3 Å². The summed E-state index contributed by atoms with van der Waals surface area (Å²) in [6, 6.07) is 10.1. The zero-order chi connectivity index (χ0) is 36.3. The highest BCUT2D eigenvalue weighted by molar-refractivity contribution is 5.82. The van der Waals surface area contributed by atoms with Gasteiger partial charge in [-0.15, -0.1) is 0 Å². The smallest absolute Gasteiger partial charge is 0.407 e. The van der Waals surface area contributed by atoms with Gasteiger partial charge < -0.3 is 35.8 Å². The van der Waals surface area contributed by atoms with E-state index in [1.807, 2.05) is 18.2 Å². The van der Waals surface area contributed by atoms with Gasteiger partial charge in [0.1, 0.15) is 22.8 Å². The van der Waals surface area contributed by atoms with Crippen LogP contribution in [0.2, 0.25) is 0 Å². The molecule has 0 spiro atoms. The fourth-order valence-electron chi connectivity index (χ4n) is 4.49. The van der Waals surface area contributed by atoms with Crippen LogP contribution in [0.25, 0.3) is 0 Å². The lowest BCUT2D eigenvalue weighted by Crippen LogP contribution is -2.54. The van der Waals surface area contributed by atoms with Crippen LogP contribution in [-0.4, -0.2) is 71.6 Å². The van der Waals surface area contributed by atoms with Crippen molar-refractivity contribution in [1.82, 2.24) is 21.3 Å². The summed E-state index contributed by atoms with van der Waals surface area (Å²) in [4.78, 5) is 51.0. The van der Waals surface area contributed by atoms with Gasteiger partial charge >= 0.3 is 12.2 Å². The van der Waals surface area contributed by atoms with E-state index >= 15 is 0 Å². The molecule has 0 fully saturated rings. The van der Waals surface area contributed by atoms with Crippen molar-refractivity contribution >= 4 is 24.0 Å². The van der Waals surface area contributed by atoms with Crippen molar-refractivity contribution in [2.75, 3.05) is 13.1 Å². The summed E-state index contributed by atoms with van der Waals surface area (Å²) in [5.74, 6) is -2.56. The first kappa shape index (κ1) is 39.9. The summed E-state index contributed by atoms with van der Waals surface area (Å²) >= 11 is 0. The zero-order valence-electron chi connectivity index (χ0n) is 29.0. The summed E-state index contributed by atoms with van der Waals surface area (Å²) in [5, 5.41) is 21.6. The van der Waals surface area contributed by atoms with Crippen molar-refractivity contribution in [3.05, 3.63) is 71.3 Å². The molecule has 0 bridgehead atoms. The molecule has 0 aliphatic rings. The number of halogens is 2. The third-order valence-corrected chi connectivity index (χ3v) is 6.78. The average Bonchev–Trinajstić information content (AvgIpc) is 2.94. The van der Waals surface area contributed by atoms with E-state index in [0.717, 1.165) is 23.8 Å². The predicted molar refractivity (Wildman–Crippen MR) is 177 cm³/mol. The third kappa shape index (κ3) is 15.6. The second-order valence-corrected chi connectivity index (χ2v) is 14.5. The fourth-order valence-corrected chi connectivity index (χ4v) is 4.49. The van der Waals surface area contributed by atoms with Gasteiger partial charge in [0.25, 0.3) is 5.91 Å². The lowest BCUT2D eigenvalue weighted by molar-refractivity contribution is -0.131. The molecule has 0 aliphatic carbocycles. The van der Waals surface area contributed by atoms with Gasteiger partial charge in [0.15, 0.2) is 6.10 Å². The Labute approximate surface area is 281 Å². The van der Waals surface area contributed by atoms with Crippen molar-refractivity contribution in [2.45, 2.75) is 104 Å². The standard InChI is InChI=1S/C35H50F2N4O7/c1-33(2,3)47-31(45)40-25(18-23-17-24(36)14-15-26(23)37)19-28(42)38-20-35(7,8)21-39-30(44)29(43)27(16-22-12-10-9-11-13-22)41-32(46)48-34(4,5)6/h9-15,17,25,27,29,43H,16,18-21H2,1-8H3,(H,38,42)(H,39,44)(H,40,45)(H,41,46). The van der Waals surface area contributed by atoms with Crippen LogP contribution in [-0.2, 0) is 31.9 Å². The first-order chi connectivity index (χ1) is 22.1. The second-order valence-electron chi connectivity index (χ2n) is 14.5. The summed E-state index contributed by atoms with van der Waals surface area (Å²) in [6.45, 7) is 13.8. The molecule has 13 heteroatoms. The number of nitrogens with one attached hydrogen (secondary N) is 4. The van der Waals surface area contributed by atoms with Crippen LogP contribution in [0.1, 0.15) is 72.9 Å². The SMILES string of the molecule is CC(C)(CNC(=O)CC(Cc1cc(F)ccc1F)NC(=O)OC(C)(C)C)CNC(=O)C(O)C(Cc1ccccc1)NC(=O)OC(C)(C)C. The number of carbonyl (C=O) groups excluding carboxylic acids is 4. The van der Waals surface area contributed by atoms with Gasteiger partial charge in [0.2, 0.25) is 5.91 Å². The maximum Gasteiger partial charge on any atom is 0.407 e. The Kier molecular flexibility index (Phi) is 14.3. The number of aliphatic hydroxyl groups is 1. The van der Waals surface area contributed by atoms with Crippen LogP contribution >= 0.6 is 0 Å². The van der Waals surface area contributed by atoms with Gasteiger partial charge in [-0.25, -0.2) is 18.4 Å². The van der Waals surface area contributed by atoms with Gasteiger partial charge in [0, 0.05) is 25.6 Å². The number of benzene rings is 2. The molecule has 266 valence electrons. The molecule has 2 rings (SSSR count). The molecule has 3 unspecified atom stereocenters. The number of hydrogen-bond donors (Lipinski definition) is 5. The van der Waals surface area contributed by atoms with E-state index in [1.54, 1.807) is 67.5 Å². The molecule has 0 saturated heterocycles. The zero-order valence-corrected chi connectivity index (χ0v) is 29.0. The van der Waals surface area contributed by atoms with E-state index in [0.29, 0.717) is 0 Å². The van der Waals surface area contributed by atoms with E-state index in [9.17, 15) is 33.1 Å². The topological polar surface area (TPSA) is 155 Å². The van der Waals surface area contributed by atoms with Crippen molar-refractivity contribution in [3.63, 3.8) is 0 Å². The van der Waals surface area contributed by atoms with Crippen LogP contribution < -0.4 is 21.3 Å². The van der Waals surface area contributed by atoms with Crippen molar-refractivity contribution in [1.29, 1.82) is 0 Å². The highest BCUT2D eigenvalue weighted by Crippen LogP contribution is 2.17. The third-order valence-electron chi connectivity index (χ3n) is 6.78. The van der Waals surface area contributed by atoms with E-state index in [4.69, 9.17) is 9.47 Å². The molecule has 11 nitrogen and oxygen atoms in total. The van der Waals surface area contributed by atoms with E-state index in [1.165, 1.54) is 0 Å². The van der Waals surface area contributed by atoms with Gasteiger partial charge in [-0.2, -0.15) is 0 Å². The molecule has 2 aromatic carbocycles. The maximum atomic E-state index is 14.4. The molecular weight excluding hydrogens is 626 g/mol. The Balaban J connectivity index is 2.02. The largest absolute Gasteiger partial charge is 0.444 e. The maximum absolute atomic E-state index is 14.4. The van der Waals surface area contributed by atoms with Crippen LogP contribution in [0.5, 0.6) is 0 Å². The Morgan fingerprint density at radius 1 is 0.771 bits per heavy atom. The minimum Gasteiger partial charge on any atom is -0.444 e. The lowest BCUT2D eigenvalue weighted by atomic mass is 9.92. The minimum absolute atomic E-state index is 0.0165. The van der Waals surface area contributed by atoms with Gasteiger partial charge in [0.05, 0.1) is 6.04 Å². The first-order valence-electron chi connectivity index (χ1n) is 15.8. The summed E-state index contributed by atoms with van der Waals surface area (Å²) in [7, 11) is 0. The minimum atomic E-state index is -1.62. The number of alkyl carbamates (subject to hydrolysis) is 2. The van der Waals surface area contributed by atoms with Crippen molar-refractivity contribution in [3.8, 4) is 0 Å². The van der Waals surface area contributed by atoms with Gasteiger partial charge in [-0.3, -0.25) is 9.59 Å².